The Morgan fingerprint density at radius 1 is 1.29 bits per heavy atom. The first-order valence-corrected chi connectivity index (χ1v) is 7.17. The molecule has 1 N–H and O–H groups in total. The van der Waals surface area contributed by atoms with Gasteiger partial charge in [0.25, 0.3) is 5.91 Å². The summed E-state index contributed by atoms with van der Waals surface area (Å²) in [5, 5.41) is 11.1. The number of hydrogen-bond donors (Lipinski definition) is 1. The first kappa shape index (κ1) is 14.1. The molecule has 0 unspecified atom stereocenters. The Morgan fingerprint density at radius 2 is 2.00 bits per heavy atom. The Bertz CT molecular complexity index is 677. The highest BCUT2D eigenvalue weighted by Gasteiger charge is 2.36. The number of carbonyl (C=O) groups excluding carboxylic acids is 1. The van der Waals surface area contributed by atoms with Crippen molar-refractivity contribution in [3.05, 3.63) is 36.0 Å². The number of aromatic nitrogens is 1. The van der Waals surface area contributed by atoms with Crippen LogP contribution in [0, 0.1) is 0 Å². The quantitative estimate of drug-likeness (QED) is 0.894. The van der Waals surface area contributed by atoms with Crippen LogP contribution in [0.15, 0.2) is 30.5 Å². The minimum Gasteiger partial charge on any atom is -0.390 e. The molecule has 1 aromatic carbocycles. The minimum absolute atomic E-state index is 0.00364. The van der Waals surface area contributed by atoms with Crippen LogP contribution in [0.3, 0.4) is 0 Å². The lowest BCUT2D eigenvalue weighted by Crippen LogP contribution is -2.38. The highest BCUT2D eigenvalue weighted by Crippen LogP contribution is 2.24. The Hall–Kier alpha value is -1.85. The molecular formula is C16H21N3O2. The van der Waals surface area contributed by atoms with Gasteiger partial charge < -0.3 is 19.5 Å². The van der Waals surface area contributed by atoms with Gasteiger partial charge in [0.15, 0.2) is 0 Å². The second-order valence-corrected chi connectivity index (χ2v) is 5.98. The van der Waals surface area contributed by atoms with Gasteiger partial charge >= 0.3 is 0 Å². The highest BCUT2D eigenvalue weighted by molar-refractivity contribution is 6.07. The number of hydrogen-bond acceptors (Lipinski definition) is 3. The van der Waals surface area contributed by atoms with E-state index in [1.165, 1.54) is 0 Å². The average molecular weight is 287 g/mol. The minimum atomic E-state index is -0.487. The number of carbonyl (C=O) groups is 1. The largest absolute Gasteiger partial charge is 0.390 e. The molecule has 2 aromatic rings. The first-order chi connectivity index (χ1) is 9.99. The molecule has 1 saturated heterocycles. The Balaban J connectivity index is 1.92. The molecule has 1 aromatic heterocycles. The third-order valence-corrected chi connectivity index (χ3v) is 4.34. The molecule has 1 aliphatic heterocycles. The SMILES string of the molecule is CN(C)[C@@H]1CN(C(=O)c2cn(C)c3ccccc23)C[C@H]1O. The molecule has 0 saturated carbocycles. The number of likely N-dealkylation sites (N-methyl/N-ethyl adjacent to an activating group) is 1. The zero-order chi connectivity index (χ0) is 15.1. The molecular weight excluding hydrogens is 266 g/mol. The van der Waals surface area contributed by atoms with Crippen molar-refractivity contribution in [1.82, 2.24) is 14.4 Å². The number of benzene rings is 1. The number of fused-ring (bicyclic) bond motifs is 1. The molecule has 5 heteroatoms. The van der Waals surface area contributed by atoms with E-state index in [0.29, 0.717) is 18.7 Å². The van der Waals surface area contributed by atoms with Crippen LogP contribution in [-0.2, 0) is 7.05 Å². The molecule has 1 fully saturated rings. The maximum Gasteiger partial charge on any atom is 0.256 e. The molecule has 0 aliphatic carbocycles. The lowest BCUT2D eigenvalue weighted by Gasteiger charge is -2.21. The summed E-state index contributed by atoms with van der Waals surface area (Å²) in [5.74, 6) is -0.00444. The van der Waals surface area contributed by atoms with Crippen molar-refractivity contribution in [3.8, 4) is 0 Å². The van der Waals surface area contributed by atoms with E-state index < -0.39 is 6.10 Å². The maximum atomic E-state index is 12.8. The van der Waals surface area contributed by atoms with Crippen molar-refractivity contribution >= 4 is 16.8 Å². The number of β-amino-alcohol motifs (C(OH)–C–C–N with tert-alkyl or cyclic N) is 1. The van der Waals surface area contributed by atoms with Crippen LogP contribution in [0.25, 0.3) is 10.9 Å². The van der Waals surface area contributed by atoms with E-state index in [-0.39, 0.29) is 11.9 Å². The zero-order valence-electron chi connectivity index (χ0n) is 12.7. The summed E-state index contributed by atoms with van der Waals surface area (Å²) in [5.41, 5.74) is 1.75. The third-order valence-electron chi connectivity index (χ3n) is 4.34. The fourth-order valence-corrected chi connectivity index (χ4v) is 3.13. The summed E-state index contributed by atoms with van der Waals surface area (Å²) in [6.07, 6.45) is 1.39. The normalized spacial score (nSPS) is 22.4. The van der Waals surface area contributed by atoms with E-state index in [9.17, 15) is 9.90 Å². The molecule has 2 atom stereocenters. The van der Waals surface area contributed by atoms with Crippen LogP contribution in [0.5, 0.6) is 0 Å². The van der Waals surface area contributed by atoms with Crippen LogP contribution in [0.2, 0.25) is 0 Å². The Morgan fingerprint density at radius 3 is 2.67 bits per heavy atom. The lowest BCUT2D eigenvalue weighted by atomic mass is 10.1. The summed E-state index contributed by atoms with van der Waals surface area (Å²) in [6, 6.07) is 7.90. The Labute approximate surface area is 124 Å². The molecule has 3 rings (SSSR count). The van der Waals surface area contributed by atoms with E-state index >= 15 is 0 Å². The second kappa shape index (κ2) is 5.16. The van der Waals surface area contributed by atoms with Crippen LogP contribution in [-0.4, -0.2) is 64.7 Å². The zero-order valence-corrected chi connectivity index (χ0v) is 12.7. The molecule has 0 spiro atoms. The number of aliphatic hydroxyl groups excluding tert-OH is 1. The van der Waals surface area contributed by atoms with Crippen LogP contribution in [0.4, 0.5) is 0 Å². The number of para-hydroxylation sites is 1. The molecule has 21 heavy (non-hydrogen) atoms. The monoisotopic (exact) mass is 287 g/mol. The number of amides is 1. The van der Waals surface area contributed by atoms with E-state index in [1.54, 1.807) is 4.90 Å². The summed E-state index contributed by atoms with van der Waals surface area (Å²) < 4.78 is 1.97. The van der Waals surface area contributed by atoms with Crippen molar-refractivity contribution in [3.63, 3.8) is 0 Å². The van der Waals surface area contributed by atoms with Crippen LogP contribution < -0.4 is 0 Å². The summed E-state index contributed by atoms with van der Waals surface area (Å²) in [7, 11) is 5.81. The second-order valence-electron chi connectivity index (χ2n) is 5.98. The smallest absolute Gasteiger partial charge is 0.256 e. The standard InChI is InChI=1S/C16H21N3O2/c1-17(2)14-9-19(10-15(14)20)16(21)12-8-18(3)13-7-5-4-6-11(12)13/h4-8,14-15,20H,9-10H2,1-3H3/t14-,15-/m1/s1. The van der Waals surface area contributed by atoms with Gasteiger partial charge in [-0.25, -0.2) is 0 Å². The van der Waals surface area contributed by atoms with E-state index in [4.69, 9.17) is 0 Å². The molecule has 2 heterocycles. The van der Waals surface area contributed by atoms with Crippen LogP contribution in [0.1, 0.15) is 10.4 Å². The summed E-state index contributed by atoms with van der Waals surface area (Å²) in [4.78, 5) is 16.5. The van der Waals surface area contributed by atoms with Crippen molar-refractivity contribution in [2.24, 2.45) is 7.05 Å². The van der Waals surface area contributed by atoms with E-state index in [2.05, 4.69) is 0 Å². The van der Waals surface area contributed by atoms with Gasteiger partial charge in [0.2, 0.25) is 0 Å². The average Bonchev–Trinajstić information content (AvgIpc) is 3.00. The van der Waals surface area contributed by atoms with Gasteiger partial charge in [-0.1, -0.05) is 18.2 Å². The highest BCUT2D eigenvalue weighted by atomic mass is 16.3. The lowest BCUT2D eigenvalue weighted by molar-refractivity contribution is 0.0765. The van der Waals surface area contributed by atoms with E-state index in [1.807, 2.05) is 61.1 Å². The summed E-state index contributed by atoms with van der Waals surface area (Å²) >= 11 is 0. The predicted molar refractivity (Wildman–Crippen MR) is 82.3 cm³/mol. The van der Waals surface area contributed by atoms with Gasteiger partial charge in [0, 0.05) is 37.2 Å². The first-order valence-electron chi connectivity index (χ1n) is 7.17. The summed E-state index contributed by atoms with van der Waals surface area (Å²) in [6.45, 7) is 0.959. The molecule has 0 bridgehead atoms. The van der Waals surface area contributed by atoms with Gasteiger partial charge in [0.05, 0.1) is 17.7 Å². The topological polar surface area (TPSA) is 48.7 Å². The van der Waals surface area contributed by atoms with Gasteiger partial charge in [-0.3, -0.25) is 4.79 Å². The third kappa shape index (κ3) is 2.32. The molecule has 5 nitrogen and oxygen atoms in total. The van der Waals surface area contributed by atoms with Gasteiger partial charge in [-0.15, -0.1) is 0 Å². The number of nitrogens with zero attached hydrogens (tertiary/aromatic N) is 3. The fraction of sp³-hybridized carbons (Fsp3) is 0.438. The van der Waals surface area contributed by atoms with E-state index in [0.717, 1.165) is 10.9 Å². The molecule has 112 valence electrons. The van der Waals surface area contributed by atoms with Crippen LogP contribution >= 0.6 is 0 Å². The molecule has 1 amide bonds. The molecule has 1 aliphatic rings. The van der Waals surface area contributed by atoms with Crippen molar-refractivity contribution in [2.45, 2.75) is 12.1 Å². The van der Waals surface area contributed by atoms with Gasteiger partial charge in [-0.2, -0.15) is 0 Å². The number of rotatable bonds is 2. The molecule has 0 radical (unpaired) electrons. The Kier molecular flexibility index (Phi) is 3.47. The van der Waals surface area contributed by atoms with Crippen molar-refractivity contribution in [2.75, 3.05) is 27.2 Å². The number of likely N-dealkylation sites (tertiary alicyclic amines) is 1. The van der Waals surface area contributed by atoms with Gasteiger partial charge in [0.1, 0.15) is 0 Å². The maximum absolute atomic E-state index is 12.8. The number of aryl methyl sites for hydroxylation is 1. The predicted octanol–water partition coefficient (Wildman–Crippen LogP) is 0.925. The van der Waals surface area contributed by atoms with Crippen molar-refractivity contribution < 1.29 is 9.90 Å². The van der Waals surface area contributed by atoms with Gasteiger partial charge in [-0.05, 0) is 20.2 Å². The van der Waals surface area contributed by atoms with Crippen molar-refractivity contribution in [1.29, 1.82) is 0 Å². The number of aliphatic hydroxyl groups is 1. The fourth-order valence-electron chi connectivity index (χ4n) is 3.13.